The topological polar surface area (TPSA) is 116 Å². The number of para-hydroxylation sites is 1. The second-order valence-electron chi connectivity index (χ2n) is 6.04. The largest absolute Gasteiger partial charge is 0.507 e. The quantitative estimate of drug-likeness (QED) is 0.441. The Morgan fingerprint density at radius 1 is 1.20 bits per heavy atom. The molecule has 2 amide bonds. The molecular weight excluding hydrogens is 428 g/mol. The Hall–Kier alpha value is -3.37. The molecule has 1 fully saturated rings. The lowest BCUT2D eigenvalue weighted by Gasteiger charge is -2.16. The van der Waals surface area contributed by atoms with Crippen LogP contribution in [-0.4, -0.2) is 43.9 Å². The molecule has 0 aliphatic carbocycles. The van der Waals surface area contributed by atoms with Crippen LogP contribution in [0.5, 0.6) is 11.5 Å². The molecule has 2 aromatic rings. The van der Waals surface area contributed by atoms with Gasteiger partial charge in [-0.25, -0.2) is 0 Å². The molecule has 10 heteroatoms. The van der Waals surface area contributed by atoms with Crippen molar-refractivity contribution in [2.24, 2.45) is 0 Å². The number of thiocarbonyl (C=S) groups is 1. The van der Waals surface area contributed by atoms with Gasteiger partial charge in [0.15, 0.2) is 4.32 Å². The molecule has 1 heterocycles. The summed E-state index contributed by atoms with van der Waals surface area (Å²) in [5, 5.41) is 19.4. The van der Waals surface area contributed by atoms with Crippen molar-refractivity contribution >= 4 is 52.2 Å². The van der Waals surface area contributed by atoms with Crippen molar-refractivity contribution in [1.82, 2.24) is 10.4 Å². The van der Waals surface area contributed by atoms with Crippen LogP contribution in [0.3, 0.4) is 0 Å². The molecule has 1 saturated heterocycles. The molecule has 0 bridgehead atoms. The zero-order valence-corrected chi connectivity index (χ0v) is 17.0. The van der Waals surface area contributed by atoms with Gasteiger partial charge >= 0.3 is 5.97 Å². The van der Waals surface area contributed by atoms with Crippen molar-refractivity contribution in [3.8, 4) is 11.5 Å². The lowest BCUT2D eigenvalue weighted by Crippen LogP contribution is -2.44. The number of hydrogen-bond acceptors (Lipinski definition) is 7. The molecule has 0 spiro atoms. The lowest BCUT2D eigenvalue weighted by molar-refractivity contribution is -0.137. The van der Waals surface area contributed by atoms with Crippen molar-refractivity contribution in [3.05, 3.63) is 64.6 Å². The Balaban J connectivity index is 1.71. The number of carboxylic acid groups (broad SMARTS) is 1. The minimum atomic E-state index is -0.958. The molecule has 8 nitrogen and oxygen atoms in total. The number of hydrazine groups is 1. The molecule has 0 aromatic heterocycles. The van der Waals surface area contributed by atoms with Crippen molar-refractivity contribution < 1.29 is 29.3 Å². The van der Waals surface area contributed by atoms with E-state index in [1.807, 2.05) is 0 Å². The van der Waals surface area contributed by atoms with E-state index in [1.165, 1.54) is 12.1 Å². The summed E-state index contributed by atoms with van der Waals surface area (Å²) in [6.45, 7) is 0.0270. The fourth-order valence-corrected chi connectivity index (χ4v) is 3.67. The van der Waals surface area contributed by atoms with Gasteiger partial charge in [-0.2, -0.15) is 5.01 Å². The van der Waals surface area contributed by atoms with Gasteiger partial charge in [-0.3, -0.25) is 19.8 Å². The second-order valence-corrected chi connectivity index (χ2v) is 7.72. The molecule has 0 unspecified atom stereocenters. The summed E-state index contributed by atoms with van der Waals surface area (Å²) in [5.41, 5.74) is 3.07. The highest BCUT2D eigenvalue weighted by molar-refractivity contribution is 8.26. The SMILES string of the molecule is O=C(O)CCOc1cccc(/C=C2\SC(=S)N(NC(=O)c3ccccc3O)C2=O)c1. The third-order valence-electron chi connectivity index (χ3n) is 3.90. The van der Waals surface area contributed by atoms with Crippen LogP contribution in [0.4, 0.5) is 0 Å². The second kappa shape index (κ2) is 9.42. The van der Waals surface area contributed by atoms with Gasteiger partial charge in [-0.1, -0.05) is 36.0 Å². The number of nitrogens with zero attached hydrogens (tertiary/aromatic N) is 1. The maximum absolute atomic E-state index is 12.7. The van der Waals surface area contributed by atoms with E-state index in [1.54, 1.807) is 42.5 Å². The van der Waals surface area contributed by atoms with Crippen molar-refractivity contribution in [2.45, 2.75) is 6.42 Å². The molecule has 0 atom stereocenters. The van der Waals surface area contributed by atoms with Gasteiger partial charge in [0.2, 0.25) is 0 Å². The average molecular weight is 444 g/mol. The van der Waals surface area contributed by atoms with Gasteiger partial charge < -0.3 is 14.9 Å². The summed E-state index contributed by atoms with van der Waals surface area (Å²) in [6, 6.07) is 12.8. The third-order valence-corrected chi connectivity index (χ3v) is 5.20. The summed E-state index contributed by atoms with van der Waals surface area (Å²) in [7, 11) is 0. The first-order chi connectivity index (χ1) is 14.3. The minimum Gasteiger partial charge on any atom is -0.507 e. The lowest BCUT2D eigenvalue weighted by atomic mass is 10.2. The molecule has 154 valence electrons. The zero-order valence-electron chi connectivity index (χ0n) is 15.4. The fourth-order valence-electron chi connectivity index (χ4n) is 2.49. The van der Waals surface area contributed by atoms with E-state index in [-0.39, 0.29) is 28.7 Å². The van der Waals surface area contributed by atoms with Crippen LogP contribution in [0.15, 0.2) is 53.4 Å². The first-order valence-corrected chi connectivity index (χ1v) is 9.89. The number of hydrogen-bond donors (Lipinski definition) is 3. The maximum atomic E-state index is 12.7. The molecule has 3 rings (SSSR count). The molecule has 0 saturated carbocycles. The van der Waals surface area contributed by atoms with Crippen LogP contribution in [0.25, 0.3) is 6.08 Å². The number of carbonyl (C=O) groups is 3. The van der Waals surface area contributed by atoms with Gasteiger partial charge in [0.1, 0.15) is 11.5 Å². The highest BCUT2D eigenvalue weighted by atomic mass is 32.2. The zero-order chi connectivity index (χ0) is 21.7. The summed E-state index contributed by atoms with van der Waals surface area (Å²) in [5.74, 6) is -1.88. The number of thioether (sulfide) groups is 1. The summed E-state index contributed by atoms with van der Waals surface area (Å²) in [6.07, 6.45) is 1.47. The number of carboxylic acids is 1. The standard InChI is InChI=1S/C20H16N2O6S2/c23-15-7-2-1-6-14(15)18(26)21-22-19(27)16(30-20(22)29)11-12-4-3-5-13(10-12)28-9-8-17(24)25/h1-7,10-11,23H,8-9H2,(H,21,26)(H,24,25)/b16-11-. The van der Waals surface area contributed by atoms with E-state index < -0.39 is 17.8 Å². The van der Waals surface area contributed by atoms with Crippen LogP contribution < -0.4 is 10.2 Å². The number of rotatable bonds is 7. The van der Waals surface area contributed by atoms with E-state index >= 15 is 0 Å². The number of phenolic OH excluding ortho intramolecular Hbond substituents is 1. The van der Waals surface area contributed by atoms with E-state index in [4.69, 9.17) is 22.1 Å². The summed E-state index contributed by atoms with van der Waals surface area (Å²) in [4.78, 5) is 35.9. The van der Waals surface area contributed by atoms with Crippen molar-refractivity contribution in [3.63, 3.8) is 0 Å². The van der Waals surface area contributed by atoms with E-state index in [0.29, 0.717) is 16.2 Å². The van der Waals surface area contributed by atoms with Gasteiger partial charge in [0, 0.05) is 0 Å². The average Bonchev–Trinajstić information content (AvgIpc) is 2.95. The number of benzene rings is 2. The van der Waals surface area contributed by atoms with Crippen LogP contribution in [-0.2, 0) is 9.59 Å². The molecule has 2 aromatic carbocycles. The Labute approximate surface area is 181 Å². The molecule has 3 N–H and O–H groups in total. The smallest absolute Gasteiger partial charge is 0.306 e. The minimum absolute atomic E-state index is 0.0155. The van der Waals surface area contributed by atoms with Gasteiger partial charge in [-0.05, 0) is 48.1 Å². The summed E-state index contributed by atoms with van der Waals surface area (Å²) < 4.78 is 5.53. The van der Waals surface area contributed by atoms with E-state index in [0.717, 1.165) is 16.8 Å². The van der Waals surface area contributed by atoms with Gasteiger partial charge in [0.05, 0.1) is 23.5 Å². The molecular formula is C20H16N2O6S2. The van der Waals surface area contributed by atoms with Gasteiger partial charge in [0.25, 0.3) is 11.8 Å². The van der Waals surface area contributed by atoms with Crippen molar-refractivity contribution in [1.29, 1.82) is 0 Å². The van der Waals surface area contributed by atoms with Gasteiger partial charge in [-0.15, -0.1) is 0 Å². The number of ether oxygens (including phenoxy) is 1. The summed E-state index contributed by atoms with van der Waals surface area (Å²) >= 11 is 6.21. The monoisotopic (exact) mass is 444 g/mol. The molecule has 30 heavy (non-hydrogen) atoms. The predicted octanol–water partition coefficient (Wildman–Crippen LogP) is 2.79. The third kappa shape index (κ3) is 5.16. The number of aliphatic carboxylic acids is 1. The van der Waals surface area contributed by atoms with Crippen LogP contribution in [0, 0.1) is 0 Å². The number of carbonyl (C=O) groups excluding carboxylic acids is 2. The predicted molar refractivity (Wildman–Crippen MR) is 115 cm³/mol. The Bertz CT molecular complexity index is 1050. The molecule has 1 aliphatic rings. The first kappa shape index (κ1) is 21.3. The normalized spacial score (nSPS) is 14.8. The number of nitrogens with one attached hydrogen (secondary N) is 1. The number of amides is 2. The van der Waals surface area contributed by atoms with E-state index in [2.05, 4.69) is 5.43 Å². The van der Waals surface area contributed by atoms with Crippen LogP contribution in [0.1, 0.15) is 22.3 Å². The highest BCUT2D eigenvalue weighted by Crippen LogP contribution is 2.32. The van der Waals surface area contributed by atoms with E-state index in [9.17, 15) is 19.5 Å². The first-order valence-electron chi connectivity index (χ1n) is 8.67. The molecule has 1 aliphatic heterocycles. The molecule has 0 radical (unpaired) electrons. The highest BCUT2D eigenvalue weighted by Gasteiger charge is 2.34. The van der Waals surface area contributed by atoms with Crippen LogP contribution >= 0.6 is 24.0 Å². The number of aromatic hydroxyl groups is 1. The Morgan fingerprint density at radius 3 is 2.70 bits per heavy atom. The van der Waals surface area contributed by atoms with Crippen LogP contribution in [0.2, 0.25) is 0 Å². The fraction of sp³-hybridized carbons (Fsp3) is 0.100. The number of phenols is 1. The Morgan fingerprint density at radius 2 is 1.97 bits per heavy atom. The maximum Gasteiger partial charge on any atom is 0.306 e. The Kier molecular flexibility index (Phi) is 6.70. The van der Waals surface area contributed by atoms with Crippen molar-refractivity contribution in [2.75, 3.05) is 6.61 Å².